The molecule has 1 aromatic heterocycles. The molecule has 0 saturated carbocycles. The third-order valence-corrected chi connectivity index (χ3v) is 4.91. The lowest BCUT2D eigenvalue weighted by atomic mass is 9.96. The third-order valence-electron chi connectivity index (χ3n) is 3.91. The minimum absolute atomic E-state index is 0. The van der Waals surface area contributed by atoms with Gasteiger partial charge in [0.25, 0.3) is 0 Å². The second-order valence-electron chi connectivity index (χ2n) is 5.63. The summed E-state index contributed by atoms with van der Waals surface area (Å²) in [5, 5.41) is 0. The number of carbonyl (C=O) groups excluding carboxylic acids is 1. The van der Waals surface area contributed by atoms with Gasteiger partial charge in [0.15, 0.2) is 0 Å². The van der Waals surface area contributed by atoms with Crippen molar-refractivity contribution in [3.63, 3.8) is 0 Å². The van der Waals surface area contributed by atoms with Crippen LogP contribution in [0.5, 0.6) is 0 Å². The van der Waals surface area contributed by atoms with Crippen molar-refractivity contribution in [1.82, 2.24) is 9.88 Å². The van der Waals surface area contributed by atoms with Crippen molar-refractivity contribution in [3.8, 4) is 0 Å². The highest BCUT2D eigenvalue weighted by atomic mass is 35.5. The van der Waals surface area contributed by atoms with E-state index in [0.717, 1.165) is 36.6 Å². The average Bonchev–Trinajstić information content (AvgIpc) is 2.52. The molecule has 2 rings (SSSR count). The molecule has 0 aliphatic carbocycles. The molecule has 2 atom stereocenters. The quantitative estimate of drug-likeness (QED) is 0.770. The van der Waals surface area contributed by atoms with Crippen molar-refractivity contribution in [2.45, 2.75) is 50.4 Å². The van der Waals surface area contributed by atoms with Gasteiger partial charge >= 0.3 is 0 Å². The smallest absolute Gasteiger partial charge is 0.223 e. The first kappa shape index (κ1) is 22.5. The fourth-order valence-electron chi connectivity index (χ4n) is 2.78. The number of thioether (sulfide) groups is 1. The van der Waals surface area contributed by atoms with Gasteiger partial charge in [-0.2, -0.15) is 11.8 Å². The zero-order valence-corrected chi connectivity index (χ0v) is 16.0. The van der Waals surface area contributed by atoms with Crippen LogP contribution in [0, 0.1) is 0 Å². The molecule has 23 heavy (non-hydrogen) atoms. The minimum atomic E-state index is 0. The van der Waals surface area contributed by atoms with Gasteiger partial charge in [-0.15, -0.1) is 24.8 Å². The molecule has 2 unspecified atom stereocenters. The number of pyridine rings is 1. The fourth-order valence-corrected chi connectivity index (χ4v) is 3.62. The first-order chi connectivity index (χ1) is 10.2. The van der Waals surface area contributed by atoms with Gasteiger partial charge in [-0.3, -0.25) is 9.78 Å². The maximum atomic E-state index is 12.4. The van der Waals surface area contributed by atoms with E-state index in [2.05, 4.69) is 4.98 Å². The van der Waals surface area contributed by atoms with Gasteiger partial charge in [0.2, 0.25) is 5.91 Å². The molecular weight excluding hydrogens is 353 g/mol. The van der Waals surface area contributed by atoms with Crippen LogP contribution in [0.15, 0.2) is 24.4 Å². The molecule has 1 saturated heterocycles. The van der Waals surface area contributed by atoms with Crippen molar-refractivity contribution in [1.29, 1.82) is 0 Å². The van der Waals surface area contributed by atoms with Crippen LogP contribution in [0.4, 0.5) is 0 Å². The summed E-state index contributed by atoms with van der Waals surface area (Å²) in [6.45, 7) is 2.88. The Bertz CT molecular complexity index is 448. The summed E-state index contributed by atoms with van der Waals surface area (Å²) in [6, 6.07) is 6.23. The molecule has 1 amide bonds. The van der Waals surface area contributed by atoms with Gasteiger partial charge in [0.1, 0.15) is 0 Å². The van der Waals surface area contributed by atoms with Gasteiger partial charge in [-0.25, -0.2) is 0 Å². The van der Waals surface area contributed by atoms with E-state index in [0.29, 0.717) is 6.42 Å². The fraction of sp³-hybridized carbons (Fsp3) is 0.625. The van der Waals surface area contributed by atoms with Crippen LogP contribution < -0.4 is 5.73 Å². The van der Waals surface area contributed by atoms with Crippen molar-refractivity contribution in [2.75, 3.05) is 12.3 Å². The molecule has 0 aromatic carbocycles. The van der Waals surface area contributed by atoms with E-state index < -0.39 is 0 Å². The van der Waals surface area contributed by atoms with Crippen molar-refractivity contribution >= 4 is 42.5 Å². The molecule has 4 nitrogen and oxygen atoms in total. The van der Waals surface area contributed by atoms with Crippen molar-refractivity contribution < 1.29 is 4.79 Å². The van der Waals surface area contributed by atoms with Gasteiger partial charge in [0, 0.05) is 42.8 Å². The molecule has 1 aliphatic heterocycles. The highest BCUT2D eigenvalue weighted by Crippen LogP contribution is 2.21. The number of amides is 1. The lowest BCUT2D eigenvalue weighted by Crippen LogP contribution is -2.51. The number of likely N-dealkylation sites (tertiary alicyclic amines) is 1. The Morgan fingerprint density at radius 1 is 1.43 bits per heavy atom. The Morgan fingerprint density at radius 2 is 2.22 bits per heavy atom. The van der Waals surface area contributed by atoms with Crippen LogP contribution >= 0.6 is 36.6 Å². The molecule has 0 radical (unpaired) electrons. The second-order valence-corrected chi connectivity index (χ2v) is 6.74. The number of hydrogen-bond donors (Lipinski definition) is 1. The summed E-state index contributed by atoms with van der Waals surface area (Å²) in [6.07, 6.45) is 5.74. The summed E-state index contributed by atoms with van der Waals surface area (Å²) in [5.74, 6) is 1.97. The normalized spacial score (nSPS) is 18.5. The Kier molecular flexibility index (Phi) is 11.7. The predicted molar refractivity (Wildman–Crippen MR) is 103 cm³/mol. The number of hydrogen-bond acceptors (Lipinski definition) is 4. The number of carbonyl (C=O) groups is 1. The van der Waals surface area contributed by atoms with E-state index in [-0.39, 0.29) is 42.8 Å². The molecule has 0 spiro atoms. The van der Waals surface area contributed by atoms with Crippen molar-refractivity contribution in [2.24, 2.45) is 5.73 Å². The molecule has 2 heterocycles. The van der Waals surface area contributed by atoms with Crippen LogP contribution in [-0.4, -0.2) is 40.2 Å². The Hall–Kier alpha value is -0.490. The second kappa shape index (κ2) is 12.0. The number of aromatic nitrogens is 1. The van der Waals surface area contributed by atoms with Crippen LogP contribution in [0.1, 0.15) is 38.3 Å². The molecule has 1 fully saturated rings. The topological polar surface area (TPSA) is 59.2 Å². The molecule has 1 aromatic rings. The molecule has 2 N–H and O–H groups in total. The molecule has 0 bridgehead atoms. The molecule has 1 aliphatic rings. The first-order valence-electron chi connectivity index (χ1n) is 7.71. The first-order valence-corrected chi connectivity index (χ1v) is 8.86. The number of piperidine rings is 1. The van der Waals surface area contributed by atoms with E-state index in [1.54, 1.807) is 11.8 Å². The number of nitrogens with two attached hydrogens (primary N) is 1. The highest BCUT2D eigenvalue weighted by molar-refractivity contribution is 7.98. The van der Waals surface area contributed by atoms with Crippen LogP contribution in [-0.2, 0) is 10.5 Å². The predicted octanol–water partition coefficient (Wildman–Crippen LogP) is 3.28. The van der Waals surface area contributed by atoms with Gasteiger partial charge in [-0.05, 0) is 38.3 Å². The Morgan fingerprint density at radius 3 is 2.87 bits per heavy atom. The highest BCUT2D eigenvalue weighted by Gasteiger charge is 2.28. The van der Waals surface area contributed by atoms with Crippen LogP contribution in [0.2, 0.25) is 0 Å². The summed E-state index contributed by atoms with van der Waals surface area (Å²) >= 11 is 1.77. The zero-order valence-electron chi connectivity index (χ0n) is 13.5. The number of nitrogens with zero attached hydrogens (tertiary/aromatic N) is 2. The standard InChI is InChI=1S/C16H25N3OS.2ClH/c1-13(17)15-7-3-5-10-19(15)16(20)8-11-21-12-14-6-2-4-9-18-14;;/h2,4,6,9,13,15H,3,5,7-8,10-12,17H2,1H3;2*1H. The maximum absolute atomic E-state index is 12.4. The largest absolute Gasteiger partial charge is 0.338 e. The molecule has 132 valence electrons. The SMILES string of the molecule is CC(N)C1CCCCN1C(=O)CCSCc1ccccn1.Cl.Cl. The minimum Gasteiger partial charge on any atom is -0.338 e. The third kappa shape index (κ3) is 7.29. The lowest BCUT2D eigenvalue weighted by Gasteiger charge is -2.38. The summed E-state index contributed by atoms with van der Waals surface area (Å²) < 4.78 is 0. The number of halogens is 2. The van der Waals surface area contributed by atoms with E-state index >= 15 is 0 Å². The Balaban J connectivity index is 0.00000242. The van der Waals surface area contributed by atoms with Gasteiger partial charge in [-0.1, -0.05) is 6.07 Å². The van der Waals surface area contributed by atoms with E-state index in [9.17, 15) is 4.79 Å². The summed E-state index contributed by atoms with van der Waals surface area (Å²) in [7, 11) is 0. The average molecular weight is 380 g/mol. The molecule has 7 heteroatoms. The van der Waals surface area contributed by atoms with Crippen LogP contribution in [0.3, 0.4) is 0 Å². The zero-order chi connectivity index (χ0) is 15.1. The van der Waals surface area contributed by atoms with Crippen LogP contribution in [0.25, 0.3) is 0 Å². The Labute approximate surface area is 155 Å². The summed E-state index contributed by atoms with van der Waals surface area (Å²) in [5.41, 5.74) is 7.09. The lowest BCUT2D eigenvalue weighted by molar-refractivity contribution is -0.134. The van der Waals surface area contributed by atoms with Gasteiger partial charge in [0.05, 0.1) is 5.69 Å². The van der Waals surface area contributed by atoms with E-state index in [4.69, 9.17) is 5.73 Å². The van der Waals surface area contributed by atoms with E-state index in [1.807, 2.05) is 36.2 Å². The summed E-state index contributed by atoms with van der Waals surface area (Å²) in [4.78, 5) is 18.7. The maximum Gasteiger partial charge on any atom is 0.223 e. The monoisotopic (exact) mass is 379 g/mol. The molecular formula is C16H27Cl2N3OS. The number of rotatable bonds is 6. The van der Waals surface area contributed by atoms with E-state index in [1.165, 1.54) is 6.42 Å². The van der Waals surface area contributed by atoms with Crippen molar-refractivity contribution in [3.05, 3.63) is 30.1 Å². The van der Waals surface area contributed by atoms with Gasteiger partial charge < -0.3 is 10.6 Å².